The van der Waals surface area contributed by atoms with Crippen molar-refractivity contribution in [1.29, 1.82) is 0 Å². The minimum Gasteiger partial charge on any atom is -0.322 e. The molecule has 0 aliphatic carbocycles. The summed E-state index contributed by atoms with van der Waals surface area (Å²) in [6.45, 7) is 3.93. The van der Waals surface area contributed by atoms with Gasteiger partial charge >= 0.3 is 0 Å². The summed E-state index contributed by atoms with van der Waals surface area (Å²) in [6, 6.07) is 1.09. The number of amides is 1. The van der Waals surface area contributed by atoms with Gasteiger partial charge in [0.05, 0.1) is 22.9 Å². The Morgan fingerprint density at radius 1 is 1.69 bits per heavy atom. The SMILES string of the molecule is CCC(C)C(N)C(=O)Nc1cnccc1Cl. The molecule has 4 nitrogen and oxygen atoms in total. The second kappa shape index (κ2) is 5.82. The number of carbonyl (C=O) groups excluding carboxylic acids is 1. The molecule has 0 saturated carbocycles. The van der Waals surface area contributed by atoms with Gasteiger partial charge in [0.1, 0.15) is 0 Å². The van der Waals surface area contributed by atoms with Crippen molar-refractivity contribution in [3.05, 3.63) is 23.5 Å². The van der Waals surface area contributed by atoms with Crippen LogP contribution < -0.4 is 11.1 Å². The van der Waals surface area contributed by atoms with Crippen LogP contribution in [0.25, 0.3) is 0 Å². The molecule has 1 aromatic rings. The van der Waals surface area contributed by atoms with Crippen LogP contribution >= 0.6 is 11.6 Å². The molecule has 0 aliphatic rings. The fourth-order valence-electron chi connectivity index (χ4n) is 1.20. The number of aromatic nitrogens is 1. The van der Waals surface area contributed by atoms with Crippen molar-refractivity contribution in [2.45, 2.75) is 26.3 Å². The maximum atomic E-state index is 11.7. The van der Waals surface area contributed by atoms with Gasteiger partial charge in [0.15, 0.2) is 0 Å². The molecular formula is C11H16ClN3O. The number of hydrogen-bond acceptors (Lipinski definition) is 3. The second-order valence-corrected chi connectivity index (χ2v) is 4.16. The summed E-state index contributed by atoms with van der Waals surface area (Å²) in [6.07, 6.45) is 3.92. The fourth-order valence-corrected chi connectivity index (χ4v) is 1.35. The molecule has 2 atom stereocenters. The lowest BCUT2D eigenvalue weighted by molar-refractivity contribution is -0.118. The van der Waals surface area contributed by atoms with Crippen LogP contribution in [0.4, 0.5) is 5.69 Å². The summed E-state index contributed by atoms with van der Waals surface area (Å²) in [5, 5.41) is 3.12. The highest BCUT2D eigenvalue weighted by molar-refractivity contribution is 6.33. The molecule has 0 aliphatic heterocycles. The van der Waals surface area contributed by atoms with E-state index in [4.69, 9.17) is 17.3 Å². The average Bonchev–Trinajstić information content (AvgIpc) is 2.30. The Morgan fingerprint density at radius 3 is 2.94 bits per heavy atom. The van der Waals surface area contributed by atoms with Crippen molar-refractivity contribution < 1.29 is 4.79 Å². The molecule has 3 N–H and O–H groups in total. The number of pyridine rings is 1. The molecule has 0 aromatic carbocycles. The standard InChI is InChI=1S/C11H16ClN3O/c1-3-7(2)10(13)11(16)15-9-6-14-5-4-8(9)12/h4-7,10H,3,13H2,1-2H3,(H,15,16). The highest BCUT2D eigenvalue weighted by Gasteiger charge is 2.19. The second-order valence-electron chi connectivity index (χ2n) is 3.76. The van der Waals surface area contributed by atoms with Gasteiger partial charge in [-0.1, -0.05) is 31.9 Å². The van der Waals surface area contributed by atoms with E-state index in [-0.39, 0.29) is 11.8 Å². The van der Waals surface area contributed by atoms with Crippen LogP contribution in [0, 0.1) is 5.92 Å². The van der Waals surface area contributed by atoms with Gasteiger partial charge in [-0.25, -0.2) is 0 Å². The Labute approximate surface area is 100 Å². The number of halogens is 1. The number of carbonyl (C=O) groups is 1. The molecule has 0 spiro atoms. The van der Waals surface area contributed by atoms with E-state index in [1.165, 1.54) is 6.20 Å². The number of nitrogens with zero attached hydrogens (tertiary/aromatic N) is 1. The van der Waals surface area contributed by atoms with Gasteiger partial charge in [-0.3, -0.25) is 9.78 Å². The number of anilines is 1. The summed E-state index contributed by atoms with van der Waals surface area (Å²) in [5.41, 5.74) is 6.29. The maximum absolute atomic E-state index is 11.7. The summed E-state index contributed by atoms with van der Waals surface area (Å²) in [4.78, 5) is 15.6. The van der Waals surface area contributed by atoms with Crippen molar-refractivity contribution in [3.8, 4) is 0 Å². The Balaban J connectivity index is 2.68. The molecule has 16 heavy (non-hydrogen) atoms. The van der Waals surface area contributed by atoms with Crippen LogP contribution in [0.2, 0.25) is 5.02 Å². The van der Waals surface area contributed by atoms with Crippen molar-refractivity contribution in [2.75, 3.05) is 5.32 Å². The Morgan fingerprint density at radius 2 is 2.38 bits per heavy atom. The quantitative estimate of drug-likeness (QED) is 0.848. The van der Waals surface area contributed by atoms with Crippen LogP contribution in [0.5, 0.6) is 0 Å². The summed E-state index contributed by atoms with van der Waals surface area (Å²) in [5.74, 6) is -0.0975. The molecule has 0 saturated heterocycles. The average molecular weight is 242 g/mol. The van der Waals surface area contributed by atoms with E-state index in [9.17, 15) is 4.79 Å². The minimum absolute atomic E-state index is 0.135. The molecule has 0 fully saturated rings. The predicted octanol–water partition coefficient (Wildman–Crippen LogP) is 2.05. The molecule has 0 bridgehead atoms. The van der Waals surface area contributed by atoms with E-state index in [1.54, 1.807) is 12.3 Å². The summed E-state index contributed by atoms with van der Waals surface area (Å²) < 4.78 is 0. The highest BCUT2D eigenvalue weighted by Crippen LogP contribution is 2.19. The highest BCUT2D eigenvalue weighted by atomic mass is 35.5. The first kappa shape index (κ1) is 12.9. The first-order valence-corrected chi connectivity index (χ1v) is 5.60. The molecule has 1 rings (SSSR count). The van der Waals surface area contributed by atoms with E-state index in [1.807, 2.05) is 13.8 Å². The van der Waals surface area contributed by atoms with E-state index in [0.29, 0.717) is 10.7 Å². The molecule has 5 heteroatoms. The normalized spacial score (nSPS) is 14.2. The van der Waals surface area contributed by atoms with E-state index < -0.39 is 6.04 Å². The Kier molecular flexibility index (Phi) is 4.71. The third-order valence-electron chi connectivity index (χ3n) is 2.59. The molecule has 1 amide bonds. The van der Waals surface area contributed by atoms with E-state index in [2.05, 4.69) is 10.3 Å². The van der Waals surface area contributed by atoms with Crippen LogP contribution in [0.1, 0.15) is 20.3 Å². The van der Waals surface area contributed by atoms with E-state index >= 15 is 0 Å². The molecule has 0 radical (unpaired) electrons. The first-order valence-electron chi connectivity index (χ1n) is 5.22. The number of rotatable bonds is 4. The molecular weight excluding hydrogens is 226 g/mol. The zero-order chi connectivity index (χ0) is 12.1. The minimum atomic E-state index is -0.527. The van der Waals surface area contributed by atoms with Crippen LogP contribution in [-0.2, 0) is 4.79 Å². The Bertz CT molecular complexity index is 370. The summed E-state index contributed by atoms with van der Waals surface area (Å²) >= 11 is 5.89. The Hall–Kier alpha value is -1.13. The lowest BCUT2D eigenvalue weighted by Crippen LogP contribution is -2.40. The van der Waals surface area contributed by atoms with Crippen LogP contribution in [0.3, 0.4) is 0 Å². The monoisotopic (exact) mass is 241 g/mol. The van der Waals surface area contributed by atoms with E-state index in [0.717, 1.165) is 6.42 Å². The molecule has 2 unspecified atom stereocenters. The van der Waals surface area contributed by atoms with Crippen molar-refractivity contribution in [3.63, 3.8) is 0 Å². The molecule has 1 heterocycles. The third kappa shape index (κ3) is 3.18. The largest absolute Gasteiger partial charge is 0.322 e. The van der Waals surface area contributed by atoms with Gasteiger partial charge < -0.3 is 11.1 Å². The van der Waals surface area contributed by atoms with Gasteiger partial charge in [-0.2, -0.15) is 0 Å². The van der Waals surface area contributed by atoms with Crippen molar-refractivity contribution in [1.82, 2.24) is 4.98 Å². The smallest absolute Gasteiger partial charge is 0.241 e. The van der Waals surface area contributed by atoms with Crippen molar-refractivity contribution in [2.24, 2.45) is 11.7 Å². The predicted molar refractivity (Wildman–Crippen MR) is 65.3 cm³/mol. The first-order chi connectivity index (χ1) is 7.56. The summed E-state index contributed by atoms with van der Waals surface area (Å²) in [7, 11) is 0. The zero-order valence-electron chi connectivity index (χ0n) is 9.40. The number of hydrogen-bond donors (Lipinski definition) is 2. The lowest BCUT2D eigenvalue weighted by Gasteiger charge is -2.17. The number of nitrogens with two attached hydrogens (primary N) is 1. The van der Waals surface area contributed by atoms with Crippen LogP contribution in [-0.4, -0.2) is 16.9 Å². The zero-order valence-corrected chi connectivity index (χ0v) is 10.2. The molecule has 88 valence electrons. The van der Waals surface area contributed by atoms with Gasteiger partial charge in [-0.15, -0.1) is 0 Å². The maximum Gasteiger partial charge on any atom is 0.241 e. The lowest BCUT2D eigenvalue weighted by atomic mass is 9.99. The fraction of sp³-hybridized carbons (Fsp3) is 0.455. The molecule has 1 aromatic heterocycles. The third-order valence-corrected chi connectivity index (χ3v) is 2.92. The number of nitrogens with one attached hydrogen (secondary N) is 1. The van der Waals surface area contributed by atoms with Gasteiger partial charge in [0.2, 0.25) is 5.91 Å². The van der Waals surface area contributed by atoms with Gasteiger partial charge in [-0.05, 0) is 12.0 Å². The topological polar surface area (TPSA) is 68.0 Å². The van der Waals surface area contributed by atoms with Gasteiger partial charge in [0, 0.05) is 6.20 Å². The van der Waals surface area contributed by atoms with Crippen molar-refractivity contribution >= 4 is 23.2 Å². The van der Waals surface area contributed by atoms with Gasteiger partial charge in [0.25, 0.3) is 0 Å². The van der Waals surface area contributed by atoms with Crippen LogP contribution in [0.15, 0.2) is 18.5 Å².